The van der Waals surface area contributed by atoms with Crippen LogP contribution in [0.1, 0.15) is 380 Å². The van der Waals surface area contributed by atoms with Crippen LogP contribution in [0.5, 0.6) is 0 Å². The summed E-state index contributed by atoms with van der Waals surface area (Å²) >= 11 is 0. The summed E-state index contributed by atoms with van der Waals surface area (Å²) in [6.45, 7) is 4.99. The maximum absolute atomic E-state index is 12.5. The highest BCUT2D eigenvalue weighted by Crippen LogP contribution is 2.19. The van der Waals surface area contributed by atoms with E-state index in [0.717, 1.165) is 38.5 Å². The molecule has 0 fully saturated rings. The van der Waals surface area contributed by atoms with Gasteiger partial charge in [-0.1, -0.05) is 341 Å². The molecule has 0 aliphatic rings. The minimum Gasteiger partial charge on any atom is -0.466 e. The van der Waals surface area contributed by atoms with Crippen LogP contribution < -0.4 is 5.32 Å². The molecule has 0 bridgehead atoms. The van der Waals surface area contributed by atoms with Crippen LogP contribution in [0.3, 0.4) is 0 Å². The maximum Gasteiger partial charge on any atom is 0.305 e. The van der Waals surface area contributed by atoms with Gasteiger partial charge in [-0.25, -0.2) is 0 Å². The van der Waals surface area contributed by atoms with E-state index in [0.29, 0.717) is 25.9 Å². The number of unbranched alkanes of at least 4 members (excludes halogenated alkanes) is 51. The molecule has 0 saturated carbocycles. The highest BCUT2D eigenvalue weighted by Gasteiger charge is 2.20. The lowest BCUT2D eigenvalue weighted by Crippen LogP contribution is -2.45. The van der Waals surface area contributed by atoms with Gasteiger partial charge >= 0.3 is 5.97 Å². The Kier molecular flexibility index (Phi) is 60.4. The van der Waals surface area contributed by atoms with Crippen molar-refractivity contribution in [1.29, 1.82) is 0 Å². The summed E-state index contributed by atoms with van der Waals surface area (Å²) in [5.74, 6) is -0.0244. The molecule has 0 aromatic rings. The summed E-state index contributed by atoms with van der Waals surface area (Å²) in [6, 6.07) is -0.545. The van der Waals surface area contributed by atoms with Crippen molar-refractivity contribution in [3.8, 4) is 0 Å². The molecule has 2 unspecified atom stereocenters. The molecule has 0 aromatic heterocycles. The predicted octanol–water partition coefficient (Wildman–Crippen LogP) is 20.6. The normalized spacial score (nSPS) is 12.5. The van der Waals surface area contributed by atoms with Crippen molar-refractivity contribution in [2.45, 2.75) is 392 Å². The van der Waals surface area contributed by atoms with Crippen LogP contribution in [-0.2, 0) is 14.3 Å². The molecule has 3 N–H and O–H groups in total. The SMILES string of the molecule is CCCCCCCCCCCCCCCCCCCCCCC(O)C(CO)NC(=O)CCCCCCCCCCCCCCCCCCCOC(=O)CCCCCCCCCCCCCCCCCCC. The molecule has 0 saturated heterocycles. The highest BCUT2D eigenvalue weighted by molar-refractivity contribution is 5.76. The van der Waals surface area contributed by atoms with Gasteiger partial charge in [-0.15, -0.1) is 0 Å². The van der Waals surface area contributed by atoms with Crippen molar-refractivity contribution in [3.63, 3.8) is 0 Å². The molecule has 0 heterocycles. The van der Waals surface area contributed by atoms with E-state index in [1.807, 2.05) is 0 Å². The Bertz CT molecular complexity index is 1020. The average Bonchev–Trinajstić information content (AvgIpc) is 3.37. The fourth-order valence-electron chi connectivity index (χ4n) is 10.6. The molecule has 0 aliphatic carbocycles. The van der Waals surface area contributed by atoms with Crippen molar-refractivity contribution in [3.05, 3.63) is 0 Å². The molecule has 6 nitrogen and oxygen atoms in total. The Morgan fingerprint density at radius 2 is 0.577 bits per heavy atom. The first-order chi connectivity index (χ1) is 35.0. The fourth-order valence-corrected chi connectivity index (χ4v) is 10.6. The smallest absolute Gasteiger partial charge is 0.305 e. The summed E-state index contributed by atoms with van der Waals surface area (Å²) in [6.07, 6.45) is 72.6. The average molecular weight is 1000 g/mol. The Hall–Kier alpha value is -1.14. The number of aliphatic hydroxyl groups is 2. The predicted molar refractivity (Wildman–Crippen MR) is 310 cm³/mol. The van der Waals surface area contributed by atoms with E-state index in [-0.39, 0.29) is 18.5 Å². The number of carbonyl (C=O) groups excluding carboxylic acids is 2. The zero-order valence-corrected chi connectivity index (χ0v) is 48.5. The van der Waals surface area contributed by atoms with Crippen LogP contribution in [0.25, 0.3) is 0 Å². The Balaban J connectivity index is 3.39. The summed E-state index contributed by atoms with van der Waals surface area (Å²) in [7, 11) is 0. The molecular formula is C65H129NO5. The molecule has 6 heteroatoms. The standard InChI is InChI=1S/C65H129NO5/c1-3-5-7-9-11-13-15-17-19-21-22-23-26-29-33-37-41-45-49-53-57-63(68)62(61-67)66-64(69)58-54-50-46-42-38-34-30-27-24-28-32-36-40-44-48-52-56-60-71-65(70)59-55-51-47-43-39-35-31-25-20-18-16-14-12-10-8-6-4-2/h62-63,67-68H,3-61H2,1-2H3,(H,66,69). The molecule has 0 rings (SSSR count). The lowest BCUT2D eigenvalue weighted by molar-refractivity contribution is -0.143. The summed E-state index contributed by atoms with van der Waals surface area (Å²) in [5.41, 5.74) is 0. The summed E-state index contributed by atoms with van der Waals surface area (Å²) < 4.78 is 5.50. The van der Waals surface area contributed by atoms with E-state index in [1.165, 1.54) is 308 Å². The first-order valence-electron chi connectivity index (χ1n) is 32.8. The minimum atomic E-state index is -0.668. The molecule has 71 heavy (non-hydrogen) atoms. The largest absolute Gasteiger partial charge is 0.466 e. The van der Waals surface area contributed by atoms with Crippen LogP contribution in [-0.4, -0.2) is 47.4 Å². The van der Waals surface area contributed by atoms with Gasteiger partial charge in [0.25, 0.3) is 0 Å². The molecule has 0 radical (unpaired) electrons. The van der Waals surface area contributed by atoms with Gasteiger partial charge in [-0.2, -0.15) is 0 Å². The number of aliphatic hydroxyl groups excluding tert-OH is 2. The second kappa shape index (κ2) is 61.4. The second-order valence-corrected chi connectivity index (χ2v) is 22.8. The van der Waals surface area contributed by atoms with E-state index >= 15 is 0 Å². The van der Waals surface area contributed by atoms with Crippen molar-refractivity contribution in [1.82, 2.24) is 5.32 Å². The minimum absolute atomic E-state index is 0.0109. The van der Waals surface area contributed by atoms with Crippen molar-refractivity contribution in [2.75, 3.05) is 13.2 Å². The number of hydrogen-bond donors (Lipinski definition) is 3. The van der Waals surface area contributed by atoms with E-state index in [1.54, 1.807) is 0 Å². The number of rotatable bonds is 62. The third-order valence-electron chi connectivity index (χ3n) is 15.7. The molecular weight excluding hydrogens is 875 g/mol. The molecule has 1 amide bonds. The maximum atomic E-state index is 12.5. The third-order valence-corrected chi connectivity index (χ3v) is 15.7. The quantitative estimate of drug-likeness (QED) is 0.0417. The van der Waals surface area contributed by atoms with Crippen LogP contribution in [0.15, 0.2) is 0 Å². The van der Waals surface area contributed by atoms with Crippen LogP contribution in [0.4, 0.5) is 0 Å². The molecule has 424 valence electrons. The number of nitrogens with one attached hydrogen (secondary N) is 1. The highest BCUT2D eigenvalue weighted by atomic mass is 16.5. The zero-order chi connectivity index (χ0) is 51.4. The summed E-state index contributed by atoms with van der Waals surface area (Å²) in [5, 5.41) is 23.4. The van der Waals surface area contributed by atoms with Gasteiger partial charge in [0.1, 0.15) is 0 Å². The van der Waals surface area contributed by atoms with Gasteiger partial charge in [0.2, 0.25) is 5.91 Å². The Morgan fingerprint density at radius 1 is 0.338 bits per heavy atom. The molecule has 0 aliphatic heterocycles. The lowest BCUT2D eigenvalue weighted by atomic mass is 10.0. The van der Waals surface area contributed by atoms with Gasteiger partial charge in [0.05, 0.1) is 25.4 Å². The topological polar surface area (TPSA) is 95.9 Å². The van der Waals surface area contributed by atoms with Crippen molar-refractivity contribution >= 4 is 11.9 Å². The van der Waals surface area contributed by atoms with Crippen LogP contribution in [0, 0.1) is 0 Å². The lowest BCUT2D eigenvalue weighted by Gasteiger charge is -2.22. The fraction of sp³-hybridized carbons (Fsp3) is 0.969. The number of amides is 1. The van der Waals surface area contributed by atoms with Gasteiger partial charge in [-0.05, 0) is 25.7 Å². The second-order valence-electron chi connectivity index (χ2n) is 22.8. The summed E-state index contributed by atoms with van der Waals surface area (Å²) in [4.78, 5) is 24.6. The first kappa shape index (κ1) is 69.9. The molecule has 2 atom stereocenters. The Labute approximate surface area is 445 Å². The number of ether oxygens (including phenoxy) is 1. The Morgan fingerprint density at radius 3 is 0.859 bits per heavy atom. The number of esters is 1. The van der Waals surface area contributed by atoms with E-state index in [4.69, 9.17) is 4.74 Å². The number of carbonyl (C=O) groups is 2. The van der Waals surface area contributed by atoms with Gasteiger partial charge in [0, 0.05) is 12.8 Å². The van der Waals surface area contributed by atoms with Crippen molar-refractivity contribution < 1.29 is 24.5 Å². The van der Waals surface area contributed by atoms with E-state index in [9.17, 15) is 19.8 Å². The van der Waals surface area contributed by atoms with Gasteiger partial charge in [0.15, 0.2) is 0 Å². The molecule has 0 aromatic carbocycles. The number of hydrogen-bond acceptors (Lipinski definition) is 5. The van der Waals surface area contributed by atoms with Crippen LogP contribution >= 0.6 is 0 Å². The van der Waals surface area contributed by atoms with E-state index < -0.39 is 12.1 Å². The van der Waals surface area contributed by atoms with E-state index in [2.05, 4.69) is 19.2 Å². The van der Waals surface area contributed by atoms with Gasteiger partial charge in [-0.3, -0.25) is 9.59 Å². The van der Waals surface area contributed by atoms with Crippen molar-refractivity contribution in [2.24, 2.45) is 0 Å². The molecule has 0 spiro atoms. The zero-order valence-electron chi connectivity index (χ0n) is 48.5. The monoisotopic (exact) mass is 1000 g/mol. The first-order valence-corrected chi connectivity index (χ1v) is 32.8. The third kappa shape index (κ3) is 58.0. The van der Waals surface area contributed by atoms with Crippen LogP contribution in [0.2, 0.25) is 0 Å². The van der Waals surface area contributed by atoms with Gasteiger partial charge < -0.3 is 20.3 Å².